The highest BCUT2D eigenvalue weighted by Gasteiger charge is 2.12. The Balaban J connectivity index is 2.53. The van der Waals surface area contributed by atoms with Crippen LogP contribution >= 0.6 is 22.9 Å². The quantitative estimate of drug-likeness (QED) is 0.879. The first-order valence-electron chi connectivity index (χ1n) is 4.31. The number of nitrogens with two attached hydrogens (primary N) is 1. The molecule has 5 heteroatoms. The summed E-state index contributed by atoms with van der Waals surface area (Å²) >= 11 is 7.27. The van der Waals surface area contributed by atoms with Gasteiger partial charge in [0.25, 0.3) is 0 Å². The summed E-state index contributed by atoms with van der Waals surface area (Å²) < 4.78 is 13.5. The van der Waals surface area contributed by atoms with Gasteiger partial charge in [0, 0.05) is 17.6 Å². The molecule has 2 aromatic rings. The van der Waals surface area contributed by atoms with E-state index in [1.54, 1.807) is 18.3 Å². The first-order valence-corrected chi connectivity index (χ1v) is 5.51. The molecule has 0 atom stereocenters. The second kappa shape index (κ2) is 4.26. The van der Waals surface area contributed by atoms with Gasteiger partial charge in [-0.3, -0.25) is 0 Å². The van der Waals surface area contributed by atoms with Gasteiger partial charge in [-0.2, -0.15) is 0 Å². The van der Waals surface area contributed by atoms with Gasteiger partial charge in [-0.15, -0.1) is 11.3 Å². The molecule has 0 aliphatic carbocycles. The lowest BCUT2D eigenvalue weighted by atomic mass is 10.2. The Labute approximate surface area is 95.5 Å². The van der Waals surface area contributed by atoms with Crippen LogP contribution in [0.3, 0.4) is 0 Å². The summed E-state index contributed by atoms with van der Waals surface area (Å²) in [7, 11) is 0. The number of hydrogen-bond acceptors (Lipinski definition) is 3. The maximum atomic E-state index is 13.5. The highest BCUT2D eigenvalue weighted by molar-refractivity contribution is 7.15. The van der Waals surface area contributed by atoms with Crippen molar-refractivity contribution in [3.05, 3.63) is 40.1 Å². The fraction of sp³-hybridized carbons (Fsp3) is 0.100. The van der Waals surface area contributed by atoms with Gasteiger partial charge in [-0.05, 0) is 12.1 Å². The molecular formula is C10H8ClFN2S. The van der Waals surface area contributed by atoms with Crippen molar-refractivity contribution in [1.82, 2.24) is 4.98 Å². The van der Waals surface area contributed by atoms with Crippen LogP contribution in [0, 0.1) is 5.82 Å². The van der Waals surface area contributed by atoms with Crippen LogP contribution in [0.1, 0.15) is 4.88 Å². The zero-order valence-electron chi connectivity index (χ0n) is 7.71. The largest absolute Gasteiger partial charge is 0.326 e. The third-order valence-corrected chi connectivity index (χ3v) is 3.28. The van der Waals surface area contributed by atoms with Crippen molar-refractivity contribution in [2.24, 2.45) is 5.73 Å². The van der Waals surface area contributed by atoms with Gasteiger partial charge in [0.1, 0.15) is 10.8 Å². The van der Waals surface area contributed by atoms with Crippen LogP contribution in [0.25, 0.3) is 10.6 Å². The van der Waals surface area contributed by atoms with E-state index < -0.39 is 0 Å². The van der Waals surface area contributed by atoms with Crippen molar-refractivity contribution in [2.75, 3.05) is 0 Å². The maximum Gasteiger partial charge on any atom is 0.134 e. The van der Waals surface area contributed by atoms with Crippen molar-refractivity contribution < 1.29 is 4.39 Å². The molecule has 0 spiro atoms. The summed E-state index contributed by atoms with van der Waals surface area (Å²) in [5, 5.41) is 0.937. The Morgan fingerprint density at radius 1 is 1.47 bits per heavy atom. The summed E-state index contributed by atoms with van der Waals surface area (Å²) in [6.07, 6.45) is 1.64. The van der Waals surface area contributed by atoms with E-state index in [0.29, 0.717) is 22.1 Å². The molecule has 0 unspecified atom stereocenters. The maximum absolute atomic E-state index is 13.5. The number of halogens is 2. The van der Waals surface area contributed by atoms with Crippen molar-refractivity contribution in [3.8, 4) is 10.6 Å². The van der Waals surface area contributed by atoms with E-state index >= 15 is 0 Å². The van der Waals surface area contributed by atoms with E-state index in [-0.39, 0.29) is 5.82 Å². The number of aromatic nitrogens is 1. The fourth-order valence-electron chi connectivity index (χ4n) is 1.22. The molecule has 0 amide bonds. The molecule has 1 heterocycles. The van der Waals surface area contributed by atoms with E-state index in [2.05, 4.69) is 4.98 Å². The van der Waals surface area contributed by atoms with Crippen molar-refractivity contribution >= 4 is 22.9 Å². The molecule has 0 radical (unpaired) electrons. The molecule has 2 rings (SSSR count). The monoisotopic (exact) mass is 242 g/mol. The second-order valence-electron chi connectivity index (χ2n) is 2.93. The molecule has 0 saturated carbocycles. The predicted molar refractivity (Wildman–Crippen MR) is 60.4 cm³/mol. The predicted octanol–water partition coefficient (Wildman–Crippen LogP) is 3.06. The zero-order valence-corrected chi connectivity index (χ0v) is 9.28. The highest BCUT2D eigenvalue weighted by Crippen LogP contribution is 2.33. The molecule has 78 valence electrons. The van der Waals surface area contributed by atoms with Gasteiger partial charge in [0.2, 0.25) is 0 Å². The number of thiazole rings is 1. The molecule has 2 nitrogen and oxygen atoms in total. The lowest BCUT2D eigenvalue weighted by Gasteiger charge is -2.00. The van der Waals surface area contributed by atoms with Gasteiger partial charge in [-0.1, -0.05) is 17.7 Å². The lowest BCUT2D eigenvalue weighted by Crippen LogP contribution is -1.91. The first kappa shape index (κ1) is 10.5. The molecule has 0 bridgehead atoms. The van der Waals surface area contributed by atoms with Crippen LogP contribution in [0.15, 0.2) is 24.4 Å². The summed E-state index contributed by atoms with van der Waals surface area (Å²) in [6.45, 7) is 0.406. The minimum absolute atomic E-state index is 0.351. The molecule has 1 aromatic heterocycles. The SMILES string of the molecule is NCc1cnc(-c2c(F)cccc2Cl)s1. The van der Waals surface area contributed by atoms with Gasteiger partial charge >= 0.3 is 0 Å². The molecule has 15 heavy (non-hydrogen) atoms. The highest BCUT2D eigenvalue weighted by atomic mass is 35.5. The Hall–Kier alpha value is -0.970. The van der Waals surface area contributed by atoms with E-state index in [1.807, 2.05) is 0 Å². The average Bonchev–Trinajstić information content (AvgIpc) is 2.66. The number of hydrogen-bond donors (Lipinski definition) is 1. The first-order chi connectivity index (χ1) is 7.22. The summed E-state index contributed by atoms with van der Waals surface area (Å²) in [5.74, 6) is -0.361. The Morgan fingerprint density at radius 2 is 2.27 bits per heavy atom. The van der Waals surface area contributed by atoms with Gasteiger partial charge in [0.05, 0.1) is 10.6 Å². The van der Waals surface area contributed by atoms with Crippen LogP contribution in [-0.2, 0) is 6.54 Å². The Kier molecular flexibility index (Phi) is 3.00. The molecule has 1 aromatic carbocycles. The van der Waals surface area contributed by atoms with Crippen molar-refractivity contribution in [3.63, 3.8) is 0 Å². The topological polar surface area (TPSA) is 38.9 Å². The standard InChI is InChI=1S/C10H8ClFN2S/c11-7-2-1-3-8(12)9(7)10-14-5-6(4-13)15-10/h1-3,5H,4,13H2. The van der Waals surface area contributed by atoms with Crippen LogP contribution in [-0.4, -0.2) is 4.98 Å². The summed E-state index contributed by atoms with van der Waals surface area (Å²) in [6, 6.07) is 4.58. The molecule has 2 N–H and O–H groups in total. The summed E-state index contributed by atoms with van der Waals surface area (Å²) in [4.78, 5) is 5.00. The smallest absolute Gasteiger partial charge is 0.134 e. The van der Waals surface area contributed by atoms with Crippen LogP contribution in [0.4, 0.5) is 4.39 Å². The van der Waals surface area contributed by atoms with Gasteiger partial charge in [-0.25, -0.2) is 9.37 Å². The minimum atomic E-state index is -0.361. The fourth-order valence-corrected chi connectivity index (χ4v) is 2.38. The van der Waals surface area contributed by atoms with E-state index in [1.165, 1.54) is 17.4 Å². The van der Waals surface area contributed by atoms with E-state index in [4.69, 9.17) is 17.3 Å². The Morgan fingerprint density at radius 3 is 2.87 bits per heavy atom. The van der Waals surface area contributed by atoms with Crippen molar-refractivity contribution in [2.45, 2.75) is 6.54 Å². The van der Waals surface area contributed by atoms with Crippen LogP contribution in [0.5, 0.6) is 0 Å². The zero-order chi connectivity index (χ0) is 10.8. The Bertz CT molecular complexity index is 464. The minimum Gasteiger partial charge on any atom is -0.326 e. The van der Waals surface area contributed by atoms with Crippen molar-refractivity contribution in [1.29, 1.82) is 0 Å². The number of benzene rings is 1. The lowest BCUT2D eigenvalue weighted by molar-refractivity contribution is 0.631. The average molecular weight is 243 g/mol. The van der Waals surface area contributed by atoms with Gasteiger partial charge in [0.15, 0.2) is 0 Å². The van der Waals surface area contributed by atoms with Crippen LogP contribution < -0.4 is 5.73 Å². The normalized spacial score (nSPS) is 10.6. The van der Waals surface area contributed by atoms with Gasteiger partial charge < -0.3 is 5.73 Å². The third kappa shape index (κ3) is 2.02. The van der Waals surface area contributed by atoms with E-state index in [0.717, 1.165) is 4.88 Å². The molecular weight excluding hydrogens is 235 g/mol. The molecule has 0 fully saturated rings. The molecule has 0 saturated heterocycles. The van der Waals surface area contributed by atoms with E-state index in [9.17, 15) is 4.39 Å². The second-order valence-corrected chi connectivity index (χ2v) is 4.45. The summed E-state index contributed by atoms with van der Waals surface area (Å²) in [5.41, 5.74) is 5.81. The third-order valence-electron chi connectivity index (χ3n) is 1.93. The number of rotatable bonds is 2. The number of nitrogens with zero attached hydrogens (tertiary/aromatic N) is 1. The molecule has 0 aliphatic rings. The molecule has 0 aliphatic heterocycles. The van der Waals surface area contributed by atoms with Crippen LogP contribution in [0.2, 0.25) is 5.02 Å².